The molecule has 0 aliphatic carbocycles. The average Bonchev–Trinajstić information content (AvgIpc) is 3.61. The third kappa shape index (κ3) is 4.50. The molecule has 9 nitrogen and oxygen atoms in total. The molecule has 1 spiro atoms. The molecule has 3 aromatic rings. The summed E-state index contributed by atoms with van der Waals surface area (Å²) in [5.74, 6) is 1.56. The molecule has 0 radical (unpaired) electrons. The fraction of sp³-hybridized carbons (Fsp3) is 0.516. The van der Waals surface area contributed by atoms with Crippen LogP contribution in [-0.4, -0.2) is 63.1 Å². The lowest BCUT2D eigenvalue weighted by molar-refractivity contribution is -0.0394. The Kier molecular flexibility index (Phi) is 6.03. The van der Waals surface area contributed by atoms with Crippen molar-refractivity contribution in [2.45, 2.75) is 76.9 Å². The molecule has 0 saturated carbocycles. The quantitative estimate of drug-likeness (QED) is 0.413. The van der Waals surface area contributed by atoms with Gasteiger partial charge in [-0.1, -0.05) is 12.1 Å². The Morgan fingerprint density at radius 2 is 1.93 bits per heavy atom. The van der Waals surface area contributed by atoms with Gasteiger partial charge in [0, 0.05) is 43.6 Å². The minimum atomic E-state index is -0.494. The smallest absolute Gasteiger partial charge is 0.410 e. The first-order chi connectivity index (χ1) is 19.3. The number of anilines is 1. The van der Waals surface area contributed by atoms with E-state index in [0.29, 0.717) is 12.5 Å². The molecule has 1 amide bonds. The van der Waals surface area contributed by atoms with Crippen molar-refractivity contribution in [3.8, 4) is 28.1 Å². The number of carbonyl (C=O) groups excluding carboxylic acids is 1. The number of hydrogen-bond donors (Lipinski definition) is 0. The summed E-state index contributed by atoms with van der Waals surface area (Å²) in [6.07, 6.45) is 9.03. The van der Waals surface area contributed by atoms with E-state index in [4.69, 9.17) is 19.2 Å². The monoisotopic (exact) mass is 543 g/mol. The van der Waals surface area contributed by atoms with E-state index in [2.05, 4.69) is 46.5 Å². The van der Waals surface area contributed by atoms with Gasteiger partial charge in [0.2, 0.25) is 5.88 Å². The number of benzene rings is 1. The van der Waals surface area contributed by atoms with Gasteiger partial charge in [-0.3, -0.25) is 0 Å². The standard InChI is InChI=1S/C31H37N5O4/c1-30(2,3)40-29(37)35-14-12-31(35)11-13-34(20-31)26-10-9-25-24-8-7-21(16-22(24)19-39-28(25)33-26)23-17-32-36(18-23)27-6-4-5-15-38-27/h7-10,16-18,27H,4-6,11-15,19-20H2,1-3H3. The van der Waals surface area contributed by atoms with Crippen LogP contribution in [0, 0.1) is 0 Å². The van der Waals surface area contributed by atoms with Crippen molar-refractivity contribution < 1.29 is 19.0 Å². The lowest BCUT2D eigenvalue weighted by Crippen LogP contribution is -2.64. The molecule has 7 rings (SSSR count). The molecule has 4 aliphatic heterocycles. The Bertz CT molecular complexity index is 1440. The van der Waals surface area contributed by atoms with Gasteiger partial charge in [0.05, 0.1) is 11.7 Å². The van der Waals surface area contributed by atoms with Gasteiger partial charge < -0.3 is 24.0 Å². The first-order valence-electron chi connectivity index (χ1n) is 14.5. The van der Waals surface area contributed by atoms with Crippen LogP contribution in [0.4, 0.5) is 10.6 Å². The van der Waals surface area contributed by atoms with Crippen molar-refractivity contribution in [2.24, 2.45) is 0 Å². The SMILES string of the molecule is CC(C)(C)OC(=O)N1CCC12CCN(c1ccc3c(n1)OCc1cc(-c4cnn(C5CCCCO5)c4)ccc1-3)C2. The summed E-state index contributed by atoms with van der Waals surface area (Å²) in [4.78, 5) is 21.9. The van der Waals surface area contributed by atoms with Gasteiger partial charge in [0.15, 0.2) is 0 Å². The second kappa shape index (κ2) is 9.51. The Balaban J connectivity index is 1.07. The van der Waals surface area contributed by atoms with E-state index < -0.39 is 5.60 Å². The van der Waals surface area contributed by atoms with Gasteiger partial charge in [-0.25, -0.2) is 9.48 Å². The highest BCUT2D eigenvalue weighted by atomic mass is 16.6. The van der Waals surface area contributed by atoms with Crippen molar-refractivity contribution in [2.75, 3.05) is 31.1 Å². The van der Waals surface area contributed by atoms with E-state index in [9.17, 15) is 4.79 Å². The van der Waals surface area contributed by atoms with Crippen molar-refractivity contribution in [3.05, 3.63) is 48.3 Å². The molecule has 40 heavy (non-hydrogen) atoms. The first-order valence-corrected chi connectivity index (χ1v) is 14.5. The highest BCUT2D eigenvalue weighted by molar-refractivity contribution is 5.78. The fourth-order valence-electron chi connectivity index (χ4n) is 6.42. The number of nitrogens with zero attached hydrogens (tertiary/aromatic N) is 5. The van der Waals surface area contributed by atoms with E-state index in [0.717, 1.165) is 85.6 Å². The zero-order chi connectivity index (χ0) is 27.5. The summed E-state index contributed by atoms with van der Waals surface area (Å²) < 4.78 is 19.7. The number of rotatable bonds is 3. The number of ether oxygens (including phenoxy) is 3. The summed E-state index contributed by atoms with van der Waals surface area (Å²) >= 11 is 0. The van der Waals surface area contributed by atoms with Crippen molar-refractivity contribution in [1.82, 2.24) is 19.7 Å². The van der Waals surface area contributed by atoms with Gasteiger partial charge in [0.25, 0.3) is 0 Å². The number of aromatic nitrogens is 3. The predicted octanol–water partition coefficient (Wildman–Crippen LogP) is 5.79. The Morgan fingerprint density at radius 1 is 1.07 bits per heavy atom. The molecule has 4 aliphatic rings. The van der Waals surface area contributed by atoms with Gasteiger partial charge in [0.1, 0.15) is 24.3 Å². The summed E-state index contributed by atoms with van der Waals surface area (Å²) in [5.41, 5.74) is 4.85. The second-order valence-corrected chi connectivity index (χ2v) is 12.5. The van der Waals surface area contributed by atoms with Gasteiger partial charge in [-0.2, -0.15) is 10.1 Å². The molecule has 6 heterocycles. The van der Waals surface area contributed by atoms with Crippen LogP contribution in [0.3, 0.4) is 0 Å². The number of hydrogen-bond acceptors (Lipinski definition) is 7. The normalized spacial score (nSPS) is 23.8. The van der Waals surface area contributed by atoms with Crippen molar-refractivity contribution >= 4 is 11.9 Å². The number of amides is 1. The molecular formula is C31H37N5O4. The highest BCUT2D eigenvalue weighted by Gasteiger charge is 2.53. The lowest BCUT2D eigenvalue weighted by atomic mass is 9.84. The molecule has 3 fully saturated rings. The zero-order valence-electron chi connectivity index (χ0n) is 23.6. The van der Waals surface area contributed by atoms with Crippen molar-refractivity contribution in [3.63, 3.8) is 0 Å². The number of carbonyl (C=O) groups is 1. The lowest BCUT2D eigenvalue weighted by Gasteiger charge is -2.50. The van der Waals surface area contributed by atoms with Crippen LogP contribution in [0.5, 0.6) is 5.88 Å². The third-order valence-corrected chi connectivity index (χ3v) is 8.63. The van der Waals surface area contributed by atoms with E-state index in [1.807, 2.05) is 36.5 Å². The van der Waals surface area contributed by atoms with E-state index in [-0.39, 0.29) is 17.9 Å². The molecule has 9 heteroatoms. The Morgan fingerprint density at radius 3 is 2.70 bits per heavy atom. The minimum Gasteiger partial charge on any atom is -0.472 e. The molecule has 2 aromatic heterocycles. The third-order valence-electron chi connectivity index (χ3n) is 8.63. The largest absolute Gasteiger partial charge is 0.472 e. The second-order valence-electron chi connectivity index (χ2n) is 12.5. The zero-order valence-corrected chi connectivity index (χ0v) is 23.6. The molecular weight excluding hydrogens is 506 g/mol. The number of pyridine rings is 1. The maximum absolute atomic E-state index is 12.8. The van der Waals surface area contributed by atoms with Crippen LogP contribution in [0.2, 0.25) is 0 Å². The van der Waals surface area contributed by atoms with E-state index in [1.54, 1.807) is 0 Å². The van der Waals surface area contributed by atoms with Crippen LogP contribution in [0.15, 0.2) is 42.7 Å². The van der Waals surface area contributed by atoms with Crippen LogP contribution < -0.4 is 9.64 Å². The molecule has 0 bridgehead atoms. The molecule has 1 aromatic carbocycles. The maximum atomic E-state index is 12.8. The van der Waals surface area contributed by atoms with Crippen LogP contribution in [-0.2, 0) is 16.1 Å². The topological polar surface area (TPSA) is 82.0 Å². The average molecular weight is 544 g/mol. The highest BCUT2D eigenvalue weighted by Crippen LogP contribution is 2.43. The maximum Gasteiger partial charge on any atom is 0.410 e. The Labute approximate surface area is 235 Å². The molecule has 3 saturated heterocycles. The molecule has 2 atom stereocenters. The summed E-state index contributed by atoms with van der Waals surface area (Å²) in [6.45, 7) is 9.37. The van der Waals surface area contributed by atoms with E-state index in [1.165, 1.54) is 6.42 Å². The summed E-state index contributed by atoms with van der Waals surface area (Å²) in [6, 6.07) is 10.7. The number of fused-ring (bicyclic) bond motifs is 3. The van der Waals surface area contributed by atoms with Gasteiger partial charge in [-0.05, 0) is 87.8 Å². The Hall–Kier alpha value is -3.59. The predicted molar refractivity (Wildman–Crippen MR) is 151 cm³/mol. The van der Waals surface area contributed by atoms with Crippen LogP contribution >= 0.6 is 0 Å². The van der Waals surface area contributed by atoms with Crippen LogP contribution in [0.1, 0.15) is 64.7 Å². The van der Waals surface area contributed by atoms with Crippen LogP contribution in [0.25, 0.3) is 22.3 Å². The van der Waals surface area contributed by atoms with Crippen molar-refractivity contribution in [1.29, 1.82) is 0 Å². The van der Waals surface area contributed by atoms with E-state index >= 15 is 0 Å². The summed E-state index contributed by atoms with van der Waals surface area (Å²) in [5, 5.41) is 4.58. The molecule has 210 valence electrons. The minimum absolute atomic E-state index is 0.0331. The summed E-state index contributed by atoms with van der Waals surface area (Å²) in [7, 11) is 0. The first kappa shape index (κ1) is 25.4. The van der Waals surface area contributed by atoms with Gasteiger partial charge >= 0.3 is 6.09 Å². The molecule has 0 N–H and O–H groups in total. The molecule has 2 unspecified atom stereocenters. The fourth-order valence-corrected chi connectivity index (χ4v) is 6.42. The van der Waals surface area contributed by atoms with Gasteiger partial charge in [-0.15, -0.1) is 0 Å². The number of likely N-dealkylation sites (tertiary alicyclic amines) is 1.